The van der Waals surface area contributed by atoms with Crippen LogP contribution in [-0.2, 0) is 0 Å². The standard InChI is InChI=1S/C14H11BrOS.CH4/c1-10-2-8-13(9-3-10)17-14(16)11-4-6-12(15)7-5-11;/h2-9H,1H3;1H4. The average molecular weight is 323 g/mol. The monoisotopic (exact) mass is 322 g/mol. The van der Waals surface area contributed by atoms with Gasteiger partial charge in [-0.1, -0.05) is 41.1 Å². The van der Waals surface area contributed by atoms with E-state index < -0.39 is 0 Å². The molecule has 18 heavy (non-hydrogen) atoms. The highest BCUT2D eigenvalue weighted by atomic mass is 79.9. The lowest BCUT2D eigenvalue weighted by atomic mass is 10.2. The number of thioether (sulfide) groups is 1. The highest BCUT2D eigenvalue weighted by molar-refractivity contribution is 9.10. The van der Waals surface area contributed by atoms with Crippen LogP contribution in [0.5, 0.6) is 0 Å². The summed E-state index contributed by atoms with van der Waals surface area (Å²) >= 11 is 4.61. The molecule has 3 heteroatoms. The first kappa shape index (κ1) is 15.0. The molecule has 0 radical (unpaired) electrons. The van der Waals surface area contributed by atoms with Crippen LogP contribution < -0.4 is 0 Å². The van der Waals surface area contributed by atoms with E-state index in [1.165, 1.54) is 17.3 Å². The zero-order chi connectivity index (χ0) is 12.3. The predicted octanol–water partition coefficient (Wildman–Crippen LogP) is 5.33. The SMILES string of the molecule is C.Cc1ccc(SC(=O)c2ccc(Br)cc2)cc1. The Morgan fingerprint density at radius 1 is 1.00 bits per heavy atom. The van der Waals surface area contributed by atoms with Crippen molar-refractivity contribution in [3.05, 3.63) is 64.1 Å². The number of aryl methyl sites for hydroxylation is 1. The lowest BCUT2D eigenvalue weighted by Gasteiger charge is -2.01. The Morgan fingerprint density at radius 3 is 2.11 bits per heavy atom. The Kier molecular flexibility index (Phi) is 5.63. The van der Waals surface area contributed by atoms with E-state index in [4.69, 9.17) is 0 Å². The molecule has 2 aromatic rings. The summed E-state index contributed by atoms with van der Waals surface area (Å²) in [6.45, 7) is 2.03. The maximum atomic E-state index is 12.0. The number of benzene rings is 2. The molecular formula is C15H15BrOS. The fourth-order valence-corrected chi connectivity index (χ4v) is 2.36. The molecule has 94 valence electrons. The van der Waals surface area contributed by atoms with Gasteiger partial charge in [-0.3, -0.25) is 4.79 Å². The zero-order valence-electron chi connectivity index (χ0n) is 9.31. The van der Waals surface area contributed by atoms with Gasteiger partial charge in [0.2, 0.25) is 5.12 Å². The molecule has 0 spiro atoms. The Morgan fingerprint density at radius 2 is 1.56 bits per heavy atom. The molecule has 0 N–H and O–H groups in total. The van der Waals surface area contributed by atoms with Crippen molar-refractivity contribution in [3.63, 3.8) is 0 Å². The Hall–Kier alpha value is -1.06. The van der Waals surface area contributed by atoms with Crippen LogP contribution in [0.4, 0.5) is 0 Å². The third-order valence-corrected chi connectivity index (χ3v) is 3.77. The molecule has 0 heterocycles. The minimum atomic E-state index is 0. The molecule has 0 saturated carbocycles. The highest BCUT2D eigenvalue weighted by Crippen LogP contribution is 2.23. The van der Waals surface area contributed by atoms with E-state index >= 15 is 0 Å². The molecule has 1 nitrogen and oxygen atoms in total. The van der Waals surface area contributed by atoms with Crippen molar-refractivity contribution in [1.29, 1.82) is 0 Å². The first-order valence-electron chi connectivity index (χ1n) is 5.19. The van der Waals surface area contributed by atoms with Gasteiger partial charge in [-0.05, 0) is 55.1 Å². The number of halogens is 1. The lowest BCUT2D eigenvalue weighted by Crippen LogP contribution is -1.92. The van der Waals surface area contributed by atoms with Gasteiger partial charge >= 0.3 is 0 Å². The fourth-order valence-electron chi connectivity index (χ4n) is 1.36. The second kappa shape index (κ2) is 6.76. The van der Waals surface area contributed by atoms with Crippen molar-refractivity contribution in [2.24, 2.45) is 0 Å². The van der Waals surface area contributed by atoms with E-state index in [2.05, 4.69) is 15.9 Å². The van der Waals surface area contributed by atoms with Crippen molar-refractivity contribution >= 4 is 32.8 Å². The summed E-state index contributed by atoms with van der Waals surface area (Å²) in [5, 5.41) is 0.0707. The quantitative estimate of drug-likeness (QED) is 0.695. The topological polar surface area (TPSA) is 17.1 Å². The maximum absolute atomic E-state index is 12.0. The molecule has 0 atom stereocenters. The number of hydrogen-bond acceptors (Lipinski definition) is 2. The smallest absolute Gasteiger partial charge is 0.224 e. The molecule has 0 aliphatic carbocycles. The van der Waals surface area contributed by atoms with Crippen molar-refractivity contribution in [2.45, 2.75) is 19.2 Å². The van der Waals surface area contributed by atoms with Crippen LogP contribution in [0.1, 0.15) is 23.3 Å². The van der Waals surface area contributed by atoms with Crippen molar-refractivity contribution in [2.75, 3.05) is 0 Å². The van der Waals surface area contributed by atoms with E-state index in [0.29, 0.717) is 0 Å². The largest absolute Gasteiger partial charge is 0.281 e. The summed E-state index contributed by atoms with van der Waals surface area (Å²) in [6.07, 6.45) is 0. The van der Waals surface area contributed by atoms with Crippen molar-refractivity contribution in [3.8, 4) is 0 Å². The molecule has 0 unspecified atom stereocenters. The predicted molar refractivity (Wildman–Crippen MR) is 82.2 cm³/mol. The highest BCUT2D eigenvalue weighted by Gasteiger charge is 2.07. The van der Waals surface area contributed by atoms with Gasteiger partial charge in [-0.25, -0.2) is 0 Å². The lowest BCUT2D eigenvalue weighted by molar-refractivity contribution is 0.108. The first-order chi connectivity index (χ1) is 8.15. The molecule has 0 aliphatic heterocycles. The van der Waals surface area contributed by atoms with Crippen LogP contribution in [0.3, 0.4) is 0 Å². The third kappa shape index (κ3) is 4.00. The summed E-state index contributed by atoms with van der Waals surface area (Å²) in [4.78, 5) is 12.9. The summed E-state index contributed by atoms with van der Waals surface area (Å²) in [5.41, 5.74) is 1.92. The van der Waals surface area contributed by atoms with E-state index in [1.807, 2.05) is 55.5 Å². The van der Waals surface area contributed by atoms with Gasteiger partial charge in [0, 0.05) is 14.9 Å². The first-order valence-corrected chi connectivity index (χ1v) is 6.80. The Balaban J connectivity index is 0.00000162. The van der Waals surface area contributed by atoms with Gasteiger partial charge in [0.25, 0.3) is 0 Å². The maximum Gasteiger partial charge on any atom is 0.224 e. The van der Waals surface area contributed by atoms with Crippen LogP contribution in [0, 0.1) is 6.92 Å². The molecule has 0 aliphatic rings. The van der Waals surface area contributed by atoms with Crippen LogP contribution in [0.2, 0.25) is 0 Å². The number of carbonyl (C=O) groups excluding carboxylic acids is 1. The molecule has 0 bridgehead atoms. The Bertz CT molecular complexity index is 517. The normalized spacial score (nSPS) is 9.67. The minimum absolute atomic E-state index is 0. The zero-order valence-corrected chi connectivity index (χ0v) is 11.7. The van der Waals surface area contributed by atoms with E-state index in [-0.39, 0.29) is 12.5 Å². The van der Waals surface area contributed by atoms with Gasteiger partial charge in [-0.2, -0.15) is 0 Å². The minimum Gasteiger partial charge on any atom is -0.281 e. The molecule has 0 aromatic heterocycles. The van der Waals surface area contributed by atoms with Gasteiger partial charge in [-0.15, -0.1) is 0 Å². The van der Waals surface area contributed by atoms with Crippen LogP contribution in [0.25, 0.3) is 0 Å². The molecule has 0 amide bonds. The molecule has 2 aromatic carbocycles. The molecular weight excluding hydrogens is 308 g/mol. The van der Waals surface area contributed by atoms with Gasteiger partial charge in [0.15, 0.2) is 0 Å². The molecule has 0 saturated heterocycles. The fraction of sp³-hybridized carbons (Fsp3) is 0.133. The van der Waals surface area contributed by atoms with Gasteiger partial charge < -0.3 is 0 Å². The van der Waals surface area contributed by atoms with E-state index in [0.717, 1.165) is 14.9 Å². The second-order valence-electron chi connectivity index (χ2n) is 3.71. The second-order valence-corrected chi connectivity index (χ2v) is 5.67. The average Bonchev–Trinajstić information content (AvgIpc) is 2.33. The van der Waals surface area contributed by atoms with Crippen LogP contribution >= 0.6 is 27.7 Å². The third-order valence-electron chi connectivity index (χ3n) is 2.31. The number of hydrogen-bond donors (Lipinski definition) is 0. The van der Waals surface area contributed by atoms with Crippen LogP contribution in [0.15, 0.2) is 57.9 Å². The van der Waals surface area contributed by atoms with Crippen molar-refractivity contribution in [1.82, 2.24) is 0 Å². The number of carbonyl (C=O) groups is 1. The number of rotatable bonds is 2. The Labute approximate surface area is 121 Å². The summed E-state index contributed by atoms with van der Waals surface area (Å²) in [6, 6.07) is 15.4. The van der Waals surface area contributed by atoms with Crippen molar-refractivity contribution < 1.29 is 4.79 Å². The molecule has 2 rings (SSSR count). The summed E-state index contributed by atoms with van der Waals surface area (Å²) < 4.78 is 0.981. The molecule has 0 fully saturated rings. The van der Waals surface area contributed by atoms with Gasteiger partial charge in [0.1, 0.15) is 0 Å². The van der Waals surface area contributed by atoms with E-state index in [9.17, 15) is 4.79 Å². The van der Waals surface area contributed by atoms with Gasteiger partial charge in [0.05, 0.1) is 0 Å². The summed E-state index contributed by atoms with van der Waals surface area (Å²) in [7, 11) is 0. The summed E-state index contributed by atoms with van der Waals surface area (Å²) in [5.74, 6) is 0. The van der Waals surface area contributed by atoms with E-state index in [1.54, 1.807) is 0 Å². The van der Waals surface area contributed by atoms with Crippen LogP contribution in [-0.4, -0.2) is 5.12 Å².